The fourth-order valence-corrected chi connectivity index (χ4v) is 3.97. The Hall–Kier alpha value is -3.88. The van der Waals surface area contributed by atoms with Crippen LogP contribution in [0.2, 0.25) is 0 Å². The molecule has 0 aliphatic rings. The first-order chi connectivity index (χ1) is 18.3. The molecule has 0 unspecified atom stereocenters. The summed E-state index contributed by atoms with van der Waals surface area (Å²) in [5.74, 6) is -2.29. The van der Waals surface area contributed by atoms with Gasteiger partial charge in [-0.3, -0.25) is 9.59 Å². The van der Waals surface area contributed by atoms with Gasteiger partial charge < -0.3 is 25.8 Å². The molecule has 39 heavy (non-hydrogen) atoms. The number of hydrogen-bond donors (Lipinski definition) is 4. The molecule has 0 saturated carbocycles. The minimum absolute atomic E-state index is 0.0278. The lowest BCUT2D eigenvalue weighted by Gasteiger charge is -2.26. The van der Waals surface area contributed by atoms with Crippen molar-refractivity contribution in [3.8, 4) is 0 Å². The standard InChI is InChI=1S/C30H41N3O6/c1-20(2)18-24(27(35)32-25(28(36)37)19-22-14-10-7-11-15-22)31-26(34)23(33-29(38)39-30(3,4)5)17-16-21-12-8-6-9-13-21/h6-15,20,23-25H,16-19H2,1-5H3,(H,31,34)(H,32,35)(H,33,38)(H,36,37)/t23-,24-,25-/m0/s1. The first-order valence-corrected chi connectivity index (χ1v) is 13.2. The lowest BCUT2D eigenvalue weighted by atomic mass is 10.00. The average molecular weight is 540 g/mol. The van der Waals surface area contributed by atoms with Crippen molar-refractivity contribution in [1.82, 2.24) is 16.0 Å². The van der Waals surface area contributed by atoms with Crippen LogP contribution in [0.15, 0.2) is 60.7 Å². The number of carbonyl (C=O) groups excluding carboxylic acids is 3. The zero-order valence-corrected chi connectivity index (χ0v) is 23.4. The first-order valence-electron chi connectivity index (χ1n) is 13.2. The molecule has 2 rings (SSSR count). The Morgan fingerprint density at radius 2 is 1.28 bits per heavy atom. The van der Waals surface area contributed by atoms with Gasteiger partial charge in [-0.2, -0.15) is 0 Å². The van der Waals surface area contributed by atoms with Crippen molar-refractivity contribution in [2.75, 3.05) is 0 Å². The molecule has 2 aromatic rings. The van der Waals surface area contributed by atoms with Crippen molar-refractivity contribution >= 4 is 23.9 Å². The molecular weight excluding hydrogens is 498 g/mol. The van der Waals surface area contributed by atoms with E-state index >= 15 is 0 Å². The quantitative estimate of drug-likeness (QED) is 0.306. The smallest absolute Gasteiger partial charge is 0.408 e. The van der Waals surface area contributed by atoms with E-state index in [9.17, 15) is 24.3 Å². The van der Waals surface area contributed by atoms with Crippen LogP contribution in [-0.4, -0.2) is 52.7 Å². The number of alkyl carbamates (subject to hydrolysis) is 1. The first kappa shape index (κ1) is 31.3. The zero-order chi connectivity index (χ0) is 29.0. The Labute approximate surface area is 230 Å². The van der Waals surface area contributed by atoms with E-state index in [4.69, 9.17) is 4.74 Å². The van der Waals surface area contributed by atoms with Crippen LogP contribution in [0.4, 0.5) is 4.79 Å². The van der Waals surface area contributed by atoms with Gasteiger partial charge in [0.15, 0.2) is 0 Å². The summed E-state index contributed by atoms with van der Waals surface area (Å²) in [6.07, 6.45) is 0.427. The lowest BCUT2D eigenvalue weighted by Crippen LogP contribution is -2.56. The maximum atomic E-state index is 13.4. The number of aliphatic carboxylic acids is 1. The summed E-state index contributed by atoms with van der Waals surface area (Å²) in [5, 5.41) is 17.7. The molecule has 9 heteroatoms. The number of rotatable bonds is 13. The molecule has 9 nitrogen and oxygen atoms in total. The van der Waals surface area contributed by atoms with Crippen molar-refractivity contribution in [1.29, 1.82) is 0 Å². The summed E-state index contributed by atoms with van der Waals surface area (Å²) in [4.78, 5) is 51.0. The predicted molar refractivity (Wildman–Crippen MR) is 149 cm³/mol. The van der Waals surface area contributed by atoms with Crippen LogP contribution in [0, 0.1) is 5.92 Å². The van der Waals surface area contributed by atoms with Gasteiger partial charge in [-0.15, -0.1) is 0 Å². The molecule has 212 valence electrons. The highest BCUT2D eigenvalue weighted by molar-refractivity contribution is 5.93. The fraction of sp³-hybridized carbons (Fsp3) is 0.467. The summed E-state index contributed by atoms with van der Waals surface area (Å²) >= 11 is 0. The van der Waals surface area contributed by atoms with Gasteiger partial charge in [0.25, 0.3) is 0 Å². The number of carboxylic acids is 1. The summed E-state index contributed by atoms with van der Waals surface area (Å²) in [5.41, 5.74) is 0.995. The number of nitrogens with one attached hydrogen (secondary N) is 3. The van der Waals surface area contributed by atoms with Crippen LogP contribution in [0.1, 0.15) is 58.6 Å². The van der Waals surface area contributed by atoms with Crippen LogP contribution >= 0.6 is 0 Å². The number of hydrogen-bond acceptors (Lipinski definition) is 5. The Morgan fingerprint density at radius 3 is 1.79 bits per heavy atom. The number of ether oxygens (including phenoxy) is 1. The zero-order valence-electron chi connectivity index (χ0n) is 23.4. The van der Waals surface area contributed by atoms with E-state index in [1.165, 1.54) is 0 Å². The number of carboxylic acid groups (broad SMARTS) is 1. The third-order valence-electron chi connectivity index (χ3n) is 5.81. The Balaban J connectivity index is 2.17. The summed E-state index contributed by atoms with van der Waals surface area (Å²) in [6, 6.07) is 15.4. The average Bonchev–Trinajstić information content (AvgIpc) is 2.85. The van der Waals surface area contributed by atoms with Gasteiger partial charge in [0.2, 0.25) is 11.8 Å². The normalized spacial score (nSPS) is 13.6. The van der Waals surface area contributed by atoms with Gasteiger partial charge in [0, 0.05) is 6.42 Å². The van der Waals surface area contributed by atoms with Crippen molar-refractivity contribution in [3.63, 3.8) is 0 Å². The van der Waals surface area contributed by atoms with Crippen LogP contribution in [0.3, 0.4) is 0 Å². The van der Waals surface area contributed by atoms with Crippen molar-refractivity contribution < 1.29 is 29.0 Å². The second kappa shape index (κ2) is 14.9. The summed E-state index contributed by atoms with van der Waals surface area (Å²) in [6.45, 7) is 8.97. The number of benzene rings is 2. The van der Waals surface area contributed by atoms with Gasteiger partial charge in [0.1, 0.15) is 23.7 Å². The molecule has 0 aliphatic heterocycles. The number of amides is 3. The SMILES string of the molecule is CC(C)C[C@H](NC(=O)[C@H](CCc1ccccc1)NC(=O)OC(C)(C)C)C(=O)N[C@@H](Cc1ccccc1)C(=O)O. The molecule has 0 spiro atoms. The molecule has 3 atom stereocenters. The highest BCUT2D eigenvalue weighted by Gasteiger charge is 2.31. The monoisotopic (exact) mass is 539 g/mol. The molecule has 0 fully saturated rings. The molecule has 0 radical (unpaired) electrons. The maximum Gasteiger partial charge on any atom is 0.408 e. The van der Waals surface area contributed by atoms with Gasteiger partial charge in [-0.25, -0.2) is 9.59 Å². The largest absolute Gasteiger partial charge is 0.480 e. The summed E-state index contributed by atoms with van der Waals surface area (Å²) < 4.78 is 5.35. The van der Waals surface area contributed by atoms with Crippen molar-refractivity contribution in [2.45, 2.75) is 84.0 Å². The lowest BCUT2D eigenvalue weighted by molar-refractivity contribution is -0.142. The molecule has 2 aromatic carbocycles. The third-order valence-corrected chi connectivity index (χ3v) is 5.81. The van der Waals surface area contributed by atoms with Gasteiger partial charge in [-0.1, -0.05) is 74.5 Å². The minimum Gasteiger partial charge on any atom is -0.480 e. The van der Waals surface area contributed by atoms with Crippen LogP contribution in [-0.2, 0) is 32.0 Å². The second-order valence-corrected chi connectivity index (χ2v) is 11.0. The van der Waals surface area contributed by atoms with Crippen LogP contribution in [0.5, 0.6) is 0 Å². The highest BCUT2D eigenvalue weighted by Crippen LogP contribution is 2.12. The highest BCUT2D eigenvalue weighted by atomic mass is 16.6. The van der Waals surface area contributed by atoms with E-state index in [-0.39, 0.29) is 25.2 Å². The molecule has 4 N–H and O–H groups in total. The molecule has 0 aromatic heterocycles. The van der Waals surface area contributed by atoms with E-state index < -0.39 is 47.6 Å². The van der Waals surface area contributed by atoms with Gasteiger partial charge in [-0.05, 0) is 57.1 Å². The van der Waals surface area contributed by atoms with E-state index in [2.05, 4.69) is 16.0 Å². The van der Waals surface area contributed by atoms with Crippen molar-refractivity contribution in [3.05, 3.63) is 71.8 Å². The van der Waals surface area contributed by atoms with Crippen LogP contribution < -0.4 is 16.0 Å². The second-order valence-electron chi connectivity index (χ2n) is 11.0. The summed E-state index contributed by atoms with van der Waals surface area (Å²) in [7, 11) is 0. The maximum absolute atomic E-state index is 13.4. The van der Waals surface area contributed by atoms with E-state index in [0.717, 1.165) is 11.1 Å². The van der Waals surface area contributed by atoms with Gasteiger partial charge >= 0.3 is 12.1 Å². The topological polar surface area (TPSA) is 134 Å². The third kappa shape index (κ3) is 12.0. The molecule has 3 amide bonds. The van der Waals surface area contributed by atoms with E-state index in [1.54, 1.807) is 45.0 Å². The molecule has 0 bridgehead atoms. The molecule has 0 heterocycles. The Morgan fingerprint density at radius 1 is 0.769 bits per heavy atom. The molecule has 0 aliphatic carbocycles. The number of carbonyl (C=O) groups is 4. The number of aryl methyl sites for hydroxylation is 1. The van der Waals surface area contributed by atoms with E-state index in [1.807, 2.05) is 50.2 Å². The Kier molecular flexibility index (Phi) is 12.0. The predicted octanol–water partition coefficient (Wildman–Crippen LogP) is 3.86. The van der Waals surface area contributed by atoms with Crippen LogP contribution in [0.25, 0.3) is 0 Å². The fourth-order valence-electron chi connectivity index (χ4n) is 3.97. The Bertz CT molecular complexity index is 1080. The van der Waals surface area contributed by atoms with Gasteiger partial charge in [0.05, 0.1) is 0 Å². The minimum atomic E-state index is -1.17. The van der Waals surface area contributed by atoms with E-state index in [0.29, 0.717) is 6.42 Å². The molecular formula is C30H41N3O6. The van der Waals surface area contributed by atoms with Crippen molar-refractivity contribution in [2.24, 2.45) is 5.92 Å². The molecule has 0 saturated heterocycles.